The van der Waals surface area contributed by atoms with Crippen LogP contribution in [0.1, 0.15) is 35.3 Å². The van der Waals surface area contributed by atoms with Gasteiger partial charge in [-0.15, -0.1) is 0 Å². The van der Waals surface area contributed by atoms with Gasteiger partial charge in [0.2, 0.25) is 0 Å². The van der Waals surface area contributed by atoms with Crippen molar-refractivity contribution in [3.05, 3.63) is 77.5 Å². The first-order valence-electron chi connectivity index (χ1n) is 11.8. The molecule has 190 valence electrons. The SMILES string of the molecule is CC1CN(C(=O)c2ccc(-c3cnc(N)c(OCCc4ccccc4C(F)(F)F)c3)cc2)CC(C)N1. The summed E-state index contributed by atoms with van der Waals surface area (Å²) in [7, 11) is 0. The number of halogens is 3. The topological polar surface area (TPSA) is 80.5 Å². The number of nitrogens with two attached hydrogens (primary N) is 1. The van der Waals surface area contributed by atoms with Crippen molar-refractivity contribution in [2.75, 3.05) is 25.4 Å². The predicted molar refractivity (Wildman–Crippen MR) is 133 cm³/mol. The summed E-state index contributed by atoms with van der Waals surface area (Å²) in [6.07, 6.45) is -2.76. The third-order valence-electron chi connectivity index (χ3n) is 6.14. The summed E-state index contributed by atoms with van der Waals surface area (Å²) in [5, 5.41) is 3.42. The van der Waals surface area contributed by atoms with Crippen LogP contribution in [0.25, 0.3) is 11.1 Å². The molecular weight excluding hydrogens is 469 g/mol. The van der Waals surface area contributed by atoms with Gasteiger partial charge < -0.3 is 20.7 Å². The normalized spacial score (nSPS) is 18.2. The first-order chi connectivity index (χ1) is 17.1. The summed E-state index contributed by atoms with van der Waals surface area (Å²) in [5.41, 5.74) is 7.56. The van der Waals surface area contributed by atoms with Crippen LogP contribution in [-0.4, -0.2) is 47.6 Å². The predicted octanol–water partition coefficient (Wildman–Crippen LogP) is 4.79. The molecule has 9 heteroatoms. The number of pyridine rings is 1. The number of hydrogen-bond acceptors (Lipinski definition) is 5. The van der Waals surface area contributed by atoms with E-state index < -0.39 is 11.7 Å². The van der Waals surface area contributed by atoms with Crippen molar-refractivity contribution >= 4 is 11.7 Å². The van der Waals surface area contributed by atoms with Gasteiger partial charge in [-0.3, -0.25) is 4.79 Å². The number of aromatic nitrogens is 1. The van der Waals surface area contributed by atoms with Crippen molar-refractivity contribution in [3.8, 4) is 16.9 Å². The summed E-state index contributed by atoms with van der Waals surface area (Å²) in [4.78, 5) is 19.0. The fourth-order valence-electron chi connectivity index (χ4n) is 4.49. The molecule has 1 fully saturated rings. The third-order valence-corrected chi connectivity index (χ3v) is 6.14. The number of carbonyl (C=O) groups is 1. The lowest BCUT2D eigenvalue weighted by Gasteiger charge is -2.36. The first kappa shape index (κ1) is 25.5. The van der Waals surface area contributed by atoms with Crippen LogP contribution in [0.3, 0.4) is 0 Å². The number of piperazine rings is 1. The van der Waals surface area contributed by atoms with E-state index in [2.05, 4.69) is 24.1 Å². The summed E-state index contributed by atoms with van der Waals surface area (Å²) in [6.45, 7) is 5.43. The van der Waals surface area contributed by atoms with E-state index >= 15 is 0 Å². The van der Waals surface area contributed by atoms with E-state index in [1.165, 1.54) is 12.1 Å². The Balaban J connectivity index is 1.44. The quantitative estimate of drug-likeness (QED) is 0.511. The lowest BCUT2D eigenvalue weighted by molar-refractivity contribution is -0.138. The van der Waals surface area contributed by atoms with Crippen molar-refractivity contribution in [1.29, 1.82) is 0 Å². The fourth-order valence-corrected chi connectivity index (χ4v) is 4.49. The monoisotopic (exact) mass is 498 g/mol. The van der Waals surface area contributed by atoms with Gasteiger partial charge in [0.15, 0.2) is 11.6 Å². The molecule has 4 rings (SSSR count). The highest BCUT2D eigenvalue weighted by Gasteiger charge is 2.32. The summed E-state index contributed by atoms with van der Waals surface area (Å²) >= 11 is 0. The molecule has 3 aromatic rings. The Labute approximate surface area is 208 Å². The highest BCUT2D eigenvalue weighted by molar-refractivity contribution is 5.95. The van der Waals surface area contributed by atoms with Crippen LogP contribution in [0.5, 0.6) is 5.75 Å². The zero-order valence-corrected chi connectivity index (χ0v) is 20.2. The van der Waals surface area contributed by atoms with Crippen molar-refractivity contribution in [2.24, 2.45) is 0 Å². The number of nitrogens with one attached hydrogen (secondary N) is 1. The number of hydrogen-bond donors (Lipinski definition) is 2. The Morgan fingerprint density at radius 2 is 1.75 bits per heavy atom. The maximum Gasteiger partial charge on any atom is 0.416 e. The van der Waals surface area contributed by atoms with Gasteiger partial charge in [-0.25, -0.2) is 4.98 Å². The highest BCUT2D eigenvalue weighted by atomic mass is 19.4. The maximum absolute atomic E-state index is 13.2. The second kappa shape index (κ2) is 10.6. The molecule has 36 heavy (non-hydrogen) atoms. The van der Waals surface area contributed by atoms with Crippen LogP contribution in [0.15, 0.2) is 60.8 Å². The molecule has 1 aromatic heterocycles. The van der Waals surface area contributed by atoms with Gasteiger partial charge in [-0.1, -0.05) is 30.3 Å². The molecule has 1 amide bonds. The van der Waals surface area contributed by atoms with E-state index in [-0.39, 0.29) is 42.4 Å². The number of benzene rings is 2. The Hall–Kier alpha value is -3.59. The number of nitrogens with zero attached hydrogens (tertiary/aromatic N) is 2. The second-order valence-electron chi connectivity index (χ2n) is 9.12. The molecule has 2 atom stereocenters. The van der Waals surface area contributed by atoms with Crippen LogP contribution < -0.4 is 15.8 Å². The fraction of sp³-hybridized carbons (Fsp3) is 0.333. The van der Waals surface area contributed by atoms with Gasteiger partial charge in [0.1, 0.15) is 0 Å². The first-order valence-corrected chi connectivity index (χ1v) is 11.8. The molecular formula is C27H29F3N4O2. The number of carbonyl (C=O) groups excluding carboxylic acids is 1. The lowest BCUT2D eigenvalue weighted by Crippen LogP contribution is -2.55. The number of anilines is 1. The molecule has 6 nitrogen and oxygen atoms in total. The molecule has 2 aromatic carbocycles. The molecule has 0 saturated carbocycles. The van der Waals surface area contributed by atoms with Crippen LogP contribution in [0.2, 0.25) is 0 Å². The largest absolute Gasteiger partial charge is 0.489 e. The molecule has 0 spiro atoms. The van der Waals surface area contributed by atoms with E-state index in [1.807, 2.05) is 17.0 Å². The van der Waals surface area contributed by atoms with Crippen molar-refractivity contribution in [3.63, 3.8) is 0 Å². The molecule has 1 aliphatic heterocycles. The number of amides is 1. The van der Waals surface area contributed by atoms with Gasteiger partial charge >= 0.3 is 6.18 Å². The van der Waals surface area contributed by atoms with Gasteiger partial charge in [0.25, 0.3) is 5.91 Å². The van der Waals surface area contributed by atoms with Crippen LogP contribution in [0.4, 0.5) is 19.0 Å². The molecule has 1 aliphatic rings. The van der Waals surface area contributed by atoms with Crippen molar-refractivity contribution in [2.45, 2.75) is 38.5 Å². The number of ether oxygens (including phenoxy) is 1. The smallest absolute Gasteiger partial charge is 0.416 e. The van der Waals surface area contributed by atoms with E-state index in [1.54, 1.807) is 30.5 Å². The Bertz CT molecular complexity index is 1200. The van der Waals surface area contributed by atoms with Crippen molar-refractivity contribution < 1.29 is 22.7 Å². The van der Waals surface area contributed by atoms with Crippen LogP contribution in [0, 0.1) is 0 Å². The van der Waals surface area contributed by atoms with Crippen LogP contribution >= 0.6 is 0 Å². The van der Waals surface area contributed by atoms with Gasteiger partial charge in [0, 0.05) is 48.9 Å². The third kappa shape index (κ3) is 5.96. The van der Waals surface area contributed by atoms with Crippen molar-refractivity contribution in [1.82, 2.24) is 15.2 Å². The molecule has 0 aliphatic carbocycles. The average Bonchev–Trinajstić information content (AvgIpc) is 2.84. The zero-order valence-electron chi connectivity index (χ0n) is 20.2. The summed E-state index contributed by atoms with van der Waals surface area (Å²) in [5.74, 6) is 0.429. The lowest BCUT2D eigenvalue weighted by atomic mass is 10.0. The van der Waals surface area contributed by atoms with Gasteiger partial charge in [0.05, 0.1) is 12.2 Å². The van der Waals surface area contributed by atoms with E-state index in [4.69, 9.17) is 10.5 Å². The highest BCUT2D eigenvalue weighted by Crippen LogP contribution is 2.32. The standard InChI is InChI=1S/C27H29F3N4O2/c1-17-15-34(16-18(2)33-17)26(35)21-9-7-19(8-10-21)22-13-24(25(31)32-14-22)36-12-11-20-5-3-4-6-23(20)27(28,29)30/h3-10,13-14,17-18,33H,11-12,15-16H2,1-2H3,(H2,31,32). The van der Waals surface area contributed by atoms with Crippen LogP contribution in [-0.2, 0) is 12.6 Å². The molecule has 2 heterocycles. The maximum atomic E-state index is 13.2. The molecule has 3 N–H and O–H groups in total. The minimum atomic E-state index is -4.42. The number of alkyl halides is 3. The molecule has 1 saturated heterocycles. The number of nitrogen functional groups attached to an aromatic ring is 1. The van der Waals surface area contributed by atoms with E-state index in [0.717, 1.165) is 17.2 Å². The molecule has 2 unspecified atom stereocenters. The molecule has 0 radical (unpaired) electrons. The minimum absolute atomic E-state index is 0.0113. The Morgan fingerprint density at radius 1 is 1.08 bits per heavy atom. The van der Waals surface area contributed by atoms with Gasteiger partial charge in [-0.2, -0.15) is 13.2 Å². The van der Waals surface area contributed by atoms with Gasteiger partial charge in [-0.05, 0) is 49.2 Å². The van der Waals surface area contributed by atoms with E-state index in [0.29, 0.717) is 24.4 Å². The molecule has 0 bridgehead atoms. The Kier molecular flexibility index (Phi) is 7.49. The Morgan fingerprint density at radius 3 is 2.42 bits per heavy atom. The zero-order chi connectivity index (χ0) is 25.9. The minimum Gasteiger partial charge on any atom is -0.489 e. The van der Waals surface area contributed by atoms with E-state index in [9.17, 15) is 18.0 Å². The average molecular weight is 499 g/mol. The summed E-state index contributed by atoms with van der Waals surface area (Å²) < 4.78 is 45.4. The second-order valence-corrected chi connectivity index (χ2v) is 9.12. The number of rotatable bonds is 6. The summed E-state index contributed by atoms with van der Waals surface area (Å²) in [6, 6.07) is 14.8.